The quantitative estimate of drug-likeness (QED) is 0.283. The lowest BCUT2D eigenvalue weighted by molar-refractivity contribution is 0.442. The second-order valence-corrected chi connectivity index (χ2v) is 12.2. The molecule has 0 radical (unpaired) electrons. The van der Waals surface area contributed by atoms with Crippen LogP contribution in [0.1, 0.15) is 49.1 Å². The lowest BCUT2D eigenvalue weighted by atomic mass is 9.91. The molecular formula is C29H29Cl2N5O2S. The van der Waals surface area contributed by atoms with Gasteiger partial charge in [-0.2, -0.15) is 13.5 Å². The molecule has 3 aromatic carbocycles. The van der Waals surface area contributed by atoms with Crippen LogP contribution in [0.5, 0.6) is 0 Å². The summed E-state index contributed by atoms with van der Waals surface area (Å²) in [6.07, 6.45) is 5.11. The van der Waals surface area contributed by atoms with E-state index in [1.807, 2.05) is 54.6 Å². The molecule has 1 aliphatic carbocycles. The van der Waals surface area contributed by atoms with Crippen molar-refractivity contribution in [2.24, 2.45) is 20.2 Å². The van der Waals surface area contributed by atoms with Crippen molar-refractivity contribution in [1.29, 1.82) is 0 Å². The molecule has 202 valence electrons. The largest absolute Gasteiger partial charge is 0.381 e. The number of hydrazone groups is 1. The first-order valence-corrected chi connectivity index (χ1v) is 15.1. The topological polar surface area (TPSA) is 100 Å². The molecule has 39 heavy (non-hydrogen) atoms. The van der Waals surface area contributed by atoms with Crippen LogP contribution in [-0.2, 0) is 10.0 Å². The molecule has 1 saturated carbocycles. The van der Waals surface area contributed by atoms with Crippen molar-refractivity contribution in [3.05, 3.63) is 100 Å². The van der Waals surface area contributed by atoms with Gasteiger partial charge < -0.3 is 5.73 Å². The fourth-order valence-corrected chi connectivity index (χ4v) is 6.18. The van der Waals surface area contributed by atoms with Crippen molar-refractivity contribution in [1.82, 2.24) is 5.01 Å². The number of benzene rings is 3. The molecular weight excluding hydrogens is 553 g/mol. The van der Waals surface area contributed by atoms with Gasteiger partial charge in [0, 0.05) is 16.0 Å². The third-order valence-corrected chi connectivity index (χ3v) is 8.73. The highest BCUT2D eigenvalue weighted by Crippen LogP contribution is 2.30. The van der Waals surface area contributed by atoms with Crippen LogP contribution in [0.3, 0.4) is 0 Å². The molecule has 10 heteroatoms. The molecule has 3 aromatic rings. The smallest absolute Gasteiger partial charge is 0.284 e. The van der Waals surface area contributed by atoms with Crippen LogP contribution < -0.4 is 5.73 Å². The molecule has 1 unspecified atom stereocenters. The van der Waals surface area contributed by atoms with Gasteiger partial charge in [0.05, 0.1) is 23.2 Å². The van der Waals surface area contributed by atoms with Crippen LogP contribution in [0.4, 0.5) is 0 Å². The zero-order valence-corrected chi connectivity index (χ0v) is 23.6. The zero-order valence-electron chi connectivity index (χ0n) is 21.2. The average molecular weight is 583 g/mol. The van der Waals surface area contributed by atoms with Crippen molar-refractivity contribution in [3.8, 4) is 0 Å². The summed E-state index contributed by atoms with van der Waals surface area (Å²) in [6, 6.07) is 23.3. The summed E-state index contributed by atoms with van der Waals surface area (Å²) >= 11 is 12.1. The first kappa shape index (κ1) is 27.4. The monoisotopic (exact) mass is 581 g/mol. The predicted molar refractivity (Wildman–Crippen MR) is 158 cm³/mol. The van der Waals surface area contributed by atoms with Crippen molar-refractivity contribution in [2.45, 2.75) is 49.0 Å². The van der Waals surface area contributed by atoms with Gasteiger partial charge in [-0.3, -0.25) is 4.99 Å². The maximum absolute atomic E-state index is 13.4. The predicted octanol–water partition coefficient (Wildman–Crippen LogP) is 6.27. The number of aliphatic imine (C=N–C) groups is 1. The summed E-state index contributed by atoms with van der Waals surface area (Å²) < 4.78 is 31.0. The third kappa shape index (κ3) is 6.52. The first-order valence-electron chi connectivity index (χ1n) is 12.9. The second kappa shape index (κ2) is 11.9. The van der Waals surface area contributed by atoms with E-state index in [-0.39, 0.29) is 28.5 Å². The number of rotatable bonds is 5. The van der Waals surface area contributed by atoms with Gasteiger partial charge in [-0.25, -0.2) is 5.01 Å². The normalized spacial score (nSPS) is 19.3. The van der Waals surface area contributed by atoms with Crippen LogP contribution >= 0.6 is 23.2 Å². The van der Waals surface area contributed by atoms with Gasteiger partial charge in [-0.05, 0) is 60.4 Å². The highest BCUT2D eigenvalue weighted by molar-refractivity contribution is 7.90. The molecule has 0 spiro atoms. The minimum atomic E-state index is -4.13. The zero-order chi connectivity index (χ0) is 27.4. The van der Waals surface area contributed by atoms with Gasteiger partial charge in [0.2, 0.25) is 5.84 Å². The van der Waals surface area contributed by atoms with Gasteiger partial charge in [0.1, 0.15) is 0 Å². The van der Waals surface area contributed by atoms with Crippen molar-refractivity contribution in [3.63, 3.8) is 0 Å². The van der Waals surface area contributed by atoms with Gasteiger partial charge in [-0.15, -0.1) is 4.40 Å². The van der Waals surface area contributed by atoms with Crippen LogP contribution in [0.15, 0.2) is 98.2 Å². The van der Waals surface area contributed by atoms with Gasteiger partial charge in [0.25, 0.3) is 10.0 Å². The molecule has 1 heterocycles. The molecule has 1 aliphatic heterocycles. The minimum Gasteiger partial charge on any atom is -0.381 e. The van der Waals surface area contributed by atoms with Crippen LogP contribution in [0, 0.1) is 0 Å². The van der Waals surface area contributed by atoms with E-state index < -0.39 is 10.0 Å². The third-order valence-electron chi connectivity index (χ3n) is 6.94. The number of amidine groups is 2. The van der Waals surface area contributed by atoms with Gasteiger partial charge in [-0.1, -0.05) is 84.9 Å². The van der Waals surface area contributed by atoms with Gasteiger partial charge >= 0.3 is 0 Å². The number of nitrogens with zero attached hydrogens (tertiary/aromatic N) is 4. The highest BCUT2D eigenvalue weighted by atomic mass is 35.5. The van der Waals surface area contributed by atoms with Crippen molar-refractivity contribution >= 4 is 50.6 Å². The fourth-order valence-electron chi connectivity index (χ4n) is 4.93. The summed E-state index contributed by atoms with van der Waals surface area (Å²) in [5, 5.41) is 7.49. The Morgan fingerprint density at radius 3 is 2.13 bits per heavy atom. The molecule has 0 bridgehead atoms. The average Bonchev–Trinajstić information content (AvgIpc) is 3.39. The van der Waals surface area contributed by atoms with Crippen LogP contribution in [0.2, 0.25) is 10.0 Å². The maximum Gasteiger partial charge on any atom is 0.284 e. The molecule has 5 rings (SSSR count). The van der Waals surface area contributed by atoms with Crippen molar-refractivity contribution in [2.75, 3.05) is 6.54 Å². The van der Waals surface area contributed by atoms with Crippen LogP contribution in [0.25, 0.3) is 0 Å². The number of hydrogen-bond acceptors (Lipinski definition) is 4. The van der Waals surface area contributed by atoms with E-state index in [0.29, 0.717) is 16.6 Å². The molecule has 0 saturated heterocycles. The molecule has 2 N–H and O–H groups in total. The standard InChI is InChI=1S/C29H29Cl2N5O2S/c30-22-13-11-21(12-14-22)27-26(20-7-3-1-4-8-20)19-36(34-27)29(28(32)33-24-9-5-2-6-10-24)35-39(37,38)25-17-15-23(31)16-18-25/h1,3-4,7-8,11-18,24,26H,2,5-6,9-10,19H2,(H2,32,33)/b35-29+. The Labute approximate surface area is 239 Å². The Hall–Kier alpha value is -3.20. The number of hydrogen-bond donors (Lipinski definition) is 1. The van der Waals surface area contributed by atoms with E-state index in [1.165, 1.54) is 24.3 Å². The fraction of sp³-hybridized carbons (Fsp3) is 0.276. The molecule has 7 nitrogen and oxygen atoms in total. The summed E-state index contributed by atoms with van der Waals surface area (Å²) in [5.74, 6) is -0.0777. The number of nitrogens with two attached hydrogens (primary N) is 1. The van der Waals surface area contributed by atoms with Crippen molar-refractivity contribution < 1.29 is 8.42 Å². The molecule has 0 aromatic heterocycles. The SMILES string of the molecule is NC(=NC1CCCCC1)/C(=N\S(=O)(=O)c1ccc(Cl)cc1)N1CC(c2ccccc2)C(c2ccc(Cl)cc2)=N1. The van der Waals surface area contributed by atoms with E-state index in [0.717, 1.165) is 48.9 Å². The molecule has 1 atom stereocenters. The van der Waals surface area contributed by atoms with E-state index in [9.17, 15) is 8.42 Å². The first-order chi connectivity index (χ1) is 18.8. The Morgan fingerprint density at radius 2 is 1.49 bits per heavy atom. The molecule has 2 aliphatic rings. The number of halogens is 2. The lowest BCUT2D eigenvalue weighted by Gasteiger charge is -2.21. The van der Waals surface area contributed by atoms with E-state index in [4.69, 9.17) is 39.0 Å². The summed E-state index contributed by atoms with van der Waals surface area (Å²) in [5.41, 5.74) is 9.21. The minimum absolute atomic E-state index is 0.00979. The molecule has 0 amide bonds. The van der Waals surface area contributed by atoms with E-state index in [1.54, 1.807) is 5.01 Å². The Bertz CT molecular complexity index is 1500. The maximum atomic E-state index is 13.4. The molecule has 1 fully saturated rings. The summed E-state index contributed by atoms with van der Waals surface area (Å²) in [6.45, 7) is 0.345. The second-order valence-electron chi connectivity index (χ2n) is 9.69. The summed E-state index contributed by atoms with van der Waals surface area (Å²) in [4.78, 5) is 4.74. The Kier molecular flexibility index (Phi) is 8.35. The Balaban J connectivity index is 1.60. The summed E-state index contributed by atoms with van der Waals surface area (Å²) in [7, 11) is -4.13. The van der Waals surface area contributed by atoms with E-state index >= 15 is 0 Å². The van der Waals surface area contributed by atoms with Gasteiger partial charge in [0.15, 0.2) is 5.84 Å². The Morgan fingerprint density at radius 1 is 0.872 bits per heavy atom. The lowest BCUT2D eigenvalue weighted by Crippen LogP contribution is -2.39. The number of sulfonamides is 1. The van der Waals surface area contributed by atoms with Crippen LogP contribution in [-0.4, -0.2) is 43.4 Å². The van der Waals surface area contributed by atoms with E-state index in [2.05, 4.69) is 4.40 Å². The highest BCUT2D eigenvalue weighted by Gasteiger charge is 2.34.